The Balaban J connectivity index is 2.24. The molecule has 0 spiro atoms. The minimum atomic E-state index is -0.192. The van der Waals surface area contributed by atoms with Crippen molar-refractivity contribution in [3.8, 4) is 0 Å². The van der Waals surface area contributed by atoms with E-state index in [-0.39, 0.29) is 11.2 Å². The van der Waals surface area contributed by atoms with Gasteiger partial charge >= 0.3 is 0 Å². The maximum atomic E-state index is 6.10. The van der Waals surface area contributed by atoms with Crippen LogP contribution in [-0.4, -0.2) is 41.3 Å². The number of nitrogens with zero attached hydrogens (tertiary/aromatic N) is 3. The number of rotatable bonds is 3. The standard InChI is InChI=1S/C15H26N4O/c1-11-12(7-16-6)8-17-13(18-11)19-9-14(2,3)20-15(4,5)10-19/h8,16H,7,9-10H2,1-6H3. The number of hydrogen-bond acceptors (Lipinski definition) is 5. The summed E-state index contributed by atoms with van der Waals surface area (Å²) in [5.41, 5.74) is 1.79. The molecule has 0 bridgehead atoms. The third kappa shape index (κ3) is 3.46. The highest BCUT2D eigenvalue weighted by molar-refractivity contribution is 5.35. The van der Waals surface area contributed by atoms with Crippen LogP contribution in [0.2, 0.25) is 0 Å². The summed E-state index contributed by atoms with van der Waals surface area (Å²) < 4.78 is 6.10. The lowest BCUT2D eigenvalue weighted by molar-refractivity contribution is -0.133. The van der Waals surface area contributed by atoms with E-state index >= 15 is 0 Å². The fourth-order valence-electron chi connectivity index (χ4n) is 2.93. The van der Waals surface area contributed by atoms with Crippen LogP contribution in [0, 0.1) is 6.92 Å². The largest absolute Gasteiger partial charge is 0.366 e. The molecule has 112 valence electrons. The topological polar surface area (TPSA) is 50.3 Å². The van der Waals surface area contributed by atoms with Gasteiger partial charge in [-0.25, -0.2) is 9.97 Å². The Morgan fingerprint density at radius 3 is 2.35 bits per heavy atom. The minimum Gasteiger partial charge on any atom is -0.366 e. The summed E-state index contributed by atoms with van der Waals surface area (Å²) in [6, 6.07) is 0. The Kier molecular flexibility index (Phi) is 4.02. The second-order valence-corrected chi connectivity index (χ2v) is 6.79. The first-order chi connectivity index (χ1) is 9.22. The molecular weight excluding hydrogens is 252 g/mol. The molecule has 0 unspecified atom stereocenters. The average molecular weight is 278 g/mol. The molecule has 1 aliphatic heterocycles. The van der Waals surface area contributed by atoms with E-state index in [0.717, 1.165) is 36.8 Å². The fourth-order valence-corrected chi connectivity index (χ4v) is 2.93. The van der Waals surface area contributed by atoms with Crippen molar-refractivity contribution < 1.29 is 4.74 Å². The zero-order chi connectivity index (χ0) is 15.0. The smallest absolute Gasteiger partial charge is 0.225 e. The molecule has 0 atom stereocenters. The lowest BCUT2D eigenvalue weighted by atomic mass is 9.99. The van der Waals surface area contributed by atoms with Gasteiger partial charge < -0.3 is 15.0 Å². The maximum Gasteiger partial charge on any atom is 0.225 e. The molecular formula is C15H26N4O. The highest BCUT2D eigenvalue weighted by Crippen LogP contribution is 2.30. The lowest BCUT2D eigenvalue weighted by Gasteiger charge is -2.47. The normalized spacial score (nSPS) is 21.0. The van der Waals surface area contributed by atoms with Crippen molar-refractivity contribution in [1.29, 1.82) is 0 Å². The van der Waals surface area contributed by atoms with E-state index in [1.165, 1.54) is 0 Å². The van der Waals surface area contributed by atoms with Gasteiger partial charge in [0, 0.05) is 37.1 Å². The summed E-state index contributed by atoms with van der Waals surface area (Å²) in [5, 5.41) is 3.14. The van der Waals surface area contributed by atoms with Gasteiger partial charge in [-0.3, -0.25) is 0 Å². The second-order valence-electron chi connectivity index (χ2n) is 6.79. The molecule has 2 heterocycles. The Morgan fingerprint density at radius 2 is 1.85 bits per heavy atom. The van der Waals surface area contributed by atoms with Crippen molar-refractivity contribution in [2.24, 2.45) is 0 Å². The molecule has 0 amide bonds. The van der Waals surface area contributed by atoms with Crippen LogP contribution in [0.5, 0.6) is 0 Å². The van der Waals surface area contributed by atoms with Gasteiger partial charge in [0.1, 0.15) is 0 Å². The molecule has 20 heavy (non-hydrogen) atoms. The van der Waals surface area contributed by atoms with Crippen LogP contribution >= 0.6 is 0 Å². The summed E-state index contributed by atoms with van der Waals surface area (Å²) in [6.07, 6.45) is 1.92. The van der Waals surface area contributed by atoms with Gasteiger partial charge in [-0.2, -0.15) is 0 Å². The number of ether oxygens (including phenoxy) is 1. The molecule has 1 saturated heterocycles. The first-order valence-electron chi connectivity index (χ1n) is 7.15. The van der Waals surface area contributed by atoms with Crippen molar-refractivity contribution in [1.82, 2.24) is 15.3 Å². The molecule has 0 saturated carbocycles. The highest BCUT2D eigenvalue weighted by atomic mass is 16.5. The number of morpholine rings is 1. The van der Waals surface area contributed by atoms with Crippen LogP contribution < -0.4 is 10.2 Å². The van der Waals surface area contributed by atoms with Gasteiger partial charge in [-0.1, -0.05) is 0 Å². The summed E-state index contributed by atoms with van der Waals surface area (Å²) in [6.45, 7) is 12.9. The minimum absolute atomic E-state index is 0.192. The lowest BCUT2D eigenvalue weighted by Crippen LogP contribution is -2.57. The first-order valence-corrected chi connectivity index (χ1v) is 7.15. The van der Waals surface area contributed by atoms with Gasteiger partial charge in [0.2, 0.25) is 5.95 Å². The van der Waals surface area contributed by atoms with Gasteiger partial charge in [0.25, 0.3) is 0 Å². The number of nitrogens with one attached hydrogen (secondary N) is 1. The Morgan fingerprint density at radius 1 is 1.25 bits per heavy atom. The van der Waals surface area contributed by atoms with E-state index in [2.05, 4.69) is 47.9 Å². The van der Waals surface area contributed by atoms with Crippen LogP contribution in [0.15, 0.2) is 6.20 Å². The molecule has 2 rings (SSSR count). The van der Waals surface area contributed by atoms with Crippen molar-refractivity contribution in [3.63, 3.8) is 0 Å². The number of aromatic nitrogens is 2. The Bertz CT molecular complexity index is 469. The summed E-state index contributed by atoms with van der Waals surface area (Å²) in [5.74, 6) is 0.798. The molecule has 0 radical (unpaired) electrons. The van der Waals surface area contributed by atoms with E-state index in [1.54, 1.807) is 0 Å². The highest BCUT2D eigenvalue weighted by Gasteiger charge is 2.39. The Hall–Kier alpha value is -1.20. The van der Waals surface area contributed by atoms with E-state index in [1.807, 2.05) is 20.2 Å². The van der Waals surface area contributed by atoms with Gasteiger partial charge in [0.15, 0.2) is 0 Å². The number of anilines is 1. The zero-order valence-corrected chi connectivity index (χ0v) is 13.4. The van der Waals surface area contributed by atoms with Crippen LogP contribution in [-0.2, 0) is 11.3 Å². The molecule has 1 aromatic rings. The predicted molar refractivity (Wildman–Crippen MR) is 81.0 cm³/mol. The van der Waals surface area contributed by atoms with Crippen molar-refractivity contribution in [2.75, 3.05) is 25.0 Å². The summed E-state index contributed by atoms with van der Waals surface area (Å²) in [4.78, 5) is 11.4. The third-order valence-electron chi connectivity index (χ3n) is 3.41. The van der Waals surface area contributed by atoms with Gasteiger partial charge in [-0.05, 0) is 41.7 Å². The van der Waals surface area contributed by atoms with E-state index in [4.69, 9.17) is 4.74 Å². The molecule has 5 heteroatoms. The second kappa shape index (κ2) is 5.30. The molecule has 1 aromatic heterocycles. The monoisotopic (exact) mass is 278 g/mol. The molecule has 1 N–H and O–H groups in total. The fraction of sp³-hybridized carbons (Fsp3) is 0.733. The van der Waals surface area contributed by atoms with Crippen molar-refractivity contribution in [3.05, 3.63) is 17.5 Å². The SMILES string of the molecule is CNCc1cnc(N2CC(C)(C)OC(C)(C)C2)nc1C. The first kappa shape index (κ1) is 15.2. The van der Waals surface area contributed by atoms with E-state index < -0.39 is 0 Å². The van der Waals surface area contributed by atoms with Crippen molar-refractivity contribution in [2.45, 2.75) is 52.4 Å². The number of aryl methyl sites for hydroxylation is 1. The molecule has 1 aliphatic rings. The van der Waals surface area contributed by atoms with Crippen molar-refractivity contribution >= 4 is 5.95 Å². The molecule has 0 aliphatic carbocycles. The van der Waals surface area contributed by atoms with Gasteiger partial charge in [0.05, 0.1) is 11.2 Å². The quantitative estimate of drug-likeness (QED) is 0.915. The summed E-state index contributed by atoms with van der Waals surface area (Å²) in [7, 11) is 1.93. The maximum absolute atomic E-state index is 6.10. The molecule has 1 fully saturated rings. The van der Waals surface area contributed by atoms with E-state index in [9.17, 15) is 0 Å². The molecule has 0 aromatic carbocycles. The average Bonchev–Trinajstić information content (AvgIpc) is 2.28. The Labute approximate surface area is 121 Å². The molecule has 5 nitrogen and oxygen atoms in total. The van der Waals surface area contributed by atoms with Crippen LogP contribution in [0.1, 0.15) is 39.0 Å². The third-order valence-corrected chi connectivity index (χ3v) is 3.41. The predicted octanol–water partition coefficient (Wildman–Crippen LogP) is 1.90. The van der Waals surface area contributed by atoms with E-state index in [0.29, 0.717) is 0 Å². The van der Waals surface area contributed by atoms with Crippen LogP contribution in [0.4, 0.5) is 5.95 Å². The number of hydrogen-bond donors (Lipinski definition) is 1. The summed E-state index contributed by atoms with van der Waals surface area (Å²) >= 11 is 0. The van der Waals surface area contributed by atoms with Crippen LogP contribution in [0.3, 0.4) is 0 Å². The van der Waals surface area contributed by atoms with Crippen LogP contribution in [0.25, 0.3) is 0 Å². The zero-order valence-electron chi connectivity index (χ0n) is 13.4. The van der Waals surface area contributed by atoms with Gasteiger partial charge in [-0.15, -0.1) is 0 Å².